The SMILES string of the molecule is CC(C)c1cccc(C(C)C)c1NC(=O)NC(Cc1ccccc1)c1nnc(SCc2ccc(F)cc2)n1-c1ccc([N+](=O)[O-])cc1. The fourth-order valence-corrected chi connectivity index (χ4v) is 6.27. The first-order chi connectivity index (χ1) is 22.6. The molecule has 0 aliphatic heterocycles. The van der Waals surface area contributed by atoms with E-state index in [-0.39, 0.29) is 29.4 Å². The molecule has 1 heterocycles. The third-order valence-corrected chi connectivity index (χ3v) is 8.77. The minimum absolute atomic E-state index is 0.0491. The molecule has 2 amide bonds. The summed E-state index contributed by atoms with van der Waals surface area (Å²) >= 11 is 1.39. The van der Waals surface area contributed by atoms with Gasteiger partial charge < -0.3 is 10.6 Å². The van der Waals surface area contributed by atoms with Crippen LogP contribution in [0.25, 0.3) is 5.69 Å². The number of nitro groups is 1. The Morgan fingerprint density at radius 3 is 2.09 bits per heavy atom. The van der Waals surface area contributed by atoms with Gasteiger partial charge in [0.05, 0.1) is 11.0 Å². The van der Waals surface area contributed by atoms with E-state index in [2.05, 4.69) is 48.5 Å². The minimum atomic E-state index is -0.631. The lowest BCUT2D eigenvalue weighted by Gasteiger charge is -2.23. The molecule has 1 aromatic heterocycles. The summed E-state index contributed by atoms with van der Waals surface area (Å²) in [4.78, 5) is 24.8. The molecule has 0 fully saturated rings. The van der Waals surface area contributed by atoms with E-state index in [4.69, 9.17) is 0 Å². The van der Waals surface area contributed by atoms with Gasteiger partial charge in [0, 0.05) is 35.7 Å². The molecule has 242 valence electrons. The monoisotopic (exact) mass is 652 g/mol. The number of nitrogens with one attached hydrogen (secondary N) is 2. The summed E-state index contributed by atoms with van der Waals surface area (Å²) in [5, 5.41) is 27.3. The van der Waals surface area contributed by atoms with Crippen LogP contribution in [0.15, 0.2) is 102 Å². The Hall–Kier alpha value is -5.03. The van der Waals surface area contributed by atoms with Crippen LogP contribution in [-0.2, 0) is 12.2 Å². The second kappa shape index (κ2) is 15.0. The van der Waals surface area contributed by atoms with Crippen molar-refractivity contribution in [2.75, 3.05) is 5.32 Å². The number of non-ortho nitro benzene ring substituents is 1. The van der Waals surface area contributed by atoms with Gasteiger partial charge in [-0.15, -0.1) is 10.2 Å². The number of carbonyl (C=O) groups is 1. The van der Waals surface area contributed by atoms with E-state index in [1.54, 1.807) is 24.3 Å². The van der Waals surface area contributed by atoms with Gasteiger partial charge in [0.2, 0.25) is 0 Å². The van der Waals surface area contributed by atoms with Crippen molar-refractivity contribution in [2.45, 2.75) is 62.9 Å². The van der Waals surface area contributed by atoms with Crippen LogP contribution in [-0.4, -0.2) is 25.7 Å². The largest absolute Gasteiger partial charge is 0.327 e. The molecule has 0 aliphatic carbocycles. The lowest BCUT2D eigenvalue weighted by Crippen LogP contribution is -2.35. The highest BCUT2D eigenvalue weighted by Crippen LogP contribution is 2.33. The van der Waals surface area contributed by atoms with Gasteiger partial charge in [-0.3, -0.25) is 14.7 Å². The van der Waals surface area contributed by atoms with E-state index in [0.717, 1.165) is 27.9 Å². The number of halogens is 1. The number of amides is 2. The van der Waals surface area contributed by atoms with E-state index in [9.17, 15) is 19.3 Å². The van der Waals surface area contributed by atoms with Gasteiger partial charge >= 0.3 is 6.03 Å². The Bertz CT molecular complexity index is 1800. The second-order valence-corrected chi connectivity index (χ2v) is 12.8. The molecule has 4 aromatic carbocycles. The van der Waals surface area contributed by atoms with E-state index >= 15 is 0 Å². The summed E-state index contributed by atoms with van der Waals surface area (Å²) in [6.07, 6.45) is 0.408. The Kier molecular flexibility index (Phi) is 10.7. The van der Waals surface area contributed by atoms with Crippen molar-refractivity contribution in [3.8, 4) is 5.69 Å². The Labute approximate surface area is 277 Å². The first-order valence-corrected chi connectivity index (χ1v) is 16.4. The number of aromatic nitrogens is 3. The number of para-hydroxylation sites is 1. The molecule has 0 spiro atoms. The van der Waals surface area contributed by atoms with E-state index in [1.165, 1.54) is 36.0 Å². The predicted octanol–water partition coefficient (Wildman–Crippen LogP) is 8.96. The Morgan fingerprint density at radius 1 is 0.851 bits per heavy atom. The first-order valence-electron chi connectivity index (χ1n) is 15.4. The lowest BCUT2D eigenvalue weighted by atomic mass is 9.93. The lowest BCUT2D eigenvalue weighted by molar-refractivity contribution is -0.384. The molecule has 11 heteroatoms. The van der Waals surface area contributed by atoms with Crippen LogP contribution in [0.2, 0.25) is 0 Å². The predicted molar refractivity (Wildman–Crippen MR) is 184 cm³/mol. The van der Waals surface area contributed by atoms with Gasteiger partial charge in [-0.2, -0.15) is 0 Å². The summed E-state index contributed by atoms with van der Waals surface area (Å²) in [6.45, 7) is 8.38. The molecular formula is C36H37FN6O3S. The molecule has 0 aliphatic rings. The maximum Gasteiger partial charge on any atom is 0.319 e. The van der Waals surface area contributed by atoms with Gasteiger partial charge in [0.1, 0.15) is 5.82 Å². The Balaban J connectivity index is 1.54. The number of urea groups is 1. The average molecular weight is 653 g/mol. The summed E-state index contributed by atoms with van der Waals surface area (Å²) in [6, 6.07) is 27.2. The topological polar surface area (TPSA) is 115 Å². The van der Waals surface area contributed by atoms with Gasteiger partial charge in [-0.1, -0.05) is 100 Å². The number of nitro benzene ring substituents is 1. The van der Waals surface area contributed by atoms with Crippen molar-refractivity contribution in [2.24, 2.45) is 0 Å². The molecule has 1 unspecified atom stereocenters. The van der Waals surface area contributed by atoms with Crippen LogP contribution >= 0.6 is 11.8 Å². The van der Waals surface area contributed by atoms with Crippen LogP contribution < -0.4 is 10.6 Å². The highest BCUT2D eigenvalue weighted by atomic mass is 32.2. The van der Waals surface area contributed by atoms with Gasteiger partial charge in [-0.25, -0.2) is 9.18 Å². The molecule has 9 nitrogen and oxygen atoms in total. The number of nitrogens with zero attached hydrogens (tertiary/aromatic N) is 4. The highest BCUT2D eigenvalue weighted by molar-refractivity contribution is 7.98. The van der Waals surface area contributed by atoms with Crippen molar-refractivity contribution in [1.29, 1.82) is 0 Å². The fraction of sp³-hybridized carbons (Fsp3) is 0.250. The number of hydrogen-bond donors (Lipinski definition) is 2. The summed E-state index contributed by atoms with van der Waals surface area (Å²) in [5.41, 5.74) is 5.29. The van der Waals surface area contributed by atoms with Crippen LogP contribution in [0.3, 0.4) is 0 Å². The summed E-state index contributed by atoms with van der Waals surface area (Å²) in [7, 11) is 0. The van der Waals surface area contributed by atoms with Crippen LogP contribution in [0, 0.1) is 15.9 Å². The number of thioether (sulfide) groups is 1. The maximum atomic E-state index is 13.9. The van der Waals surface area contributed by atoms with Crippen molar-refractivity contribution in [3.05, 3.63) is 141 Å². The molecule has 0 saturated heterocycles. The molecule has 2 N–H and O–H groups in total. The smallest absolute Gasteiger partial charge is 0.319 e. The molecule has 47 heavy (non-hydrogen) atoms. The molecule has 0 bridgehead atoms. The van der Waals surface area contributed by atoms with E-state index in [0.29, 0.717) is 28.8 Å². The molecule has 5 aromatic rings. The van der Waals surface area contributed by atoms with E-state index < -0.39 is 11.0 Å². The molecule has 0 radical (unpaired) electrons. The normalized spacial score (nSPS) is 11.9. The number of rotatable bonds is 12. The number of anilines is 1. The molecular weight excluding hydrogens is 616 g/mol. The van der Waals surface area contributed by atoms with Crippen molar-refractivity contribution in [3.63, 3.8) is 0 Å². The van der Waals surface area contributed by atoms with Crippen LogP contribution in [0.4, 0.5) is 20.6 Å². The zero-order valence-corrected chi connectivity index (χ0v) is 27.5. The van der Waals surface area contributed by atoms with Crippen LogP contribution in [0.5, 0.6) is 0 Å². The number of carbonyl (C=O) groups excluding carboxylic acids is 1. The third-order valence-electron chi connectivity index (χ3n) is 7.77. The number of hydrogen-bond acceptors (Lipinski definition) is 6. The fourth-order valence-electron chi connectivity index (χ4n) is 5.35. The van der Waals surface area contributed by atoms with E-state index in [1.807, 2.05) is 53.1 Å². The second-order valence-electron chi connectivity index (χ2n) is 11.8. The molecule has 5 rings (SSSR count). The standard InChI is InChI=1S/C36H37FN6O3S/c1-23(2)30-11-8-12-31(24(3)4)33(30)39-35(44)38-32(21-25-9-6-5-7-10-25)34-40-41-36(47-22-26-13-15-27(37)16-14-26)42(34)28-17-19-29(20-18-28)43(45)46/h5-20,23-24,32H,21-22H2,1-4H3,(H2,38,39,44). The van der Waals surface area contributed by atoms with Crippen molar-refractivity contribution >= 4 is 29.2 Å². The first kappa shape index (κ1) is 33.3. The summed E-state index contributed by atoms with van der Waals surface area (Å²) < 4.78 is 15.4. The zero-order valence-electron chi connectivity index (χ0n) is 26.7. The van der Waals surface area contributed by atoms with Crippen LogP contribution in [0.1, 0.15) is 73.7 Å². The number of benzene rings is 4. The van der Waals surface area contributed by atoms with Gasteiger partial charge in [0.25, 0.3) is 5.69 Å². The molecule has 0 saturated carbocycles. The summed E-state index contributed by atoms with van der Waals surface area (Å²) in [5.74, 6) is 0.998. The molecule has 1 atom stereocenters. The maximum absolute atomic E-state index is 13.9. The van der Waals surface area contributed by atoms with Gasteiger partial charge in [-0.05, 0) is 58.4 Å². The minimum Gasteiger partial charge on any atom is -0.327 e. The Morgan fingerprint density at radius 2 is 1.49 bits per heavy atom. The van der Waals surface area contributed by atoms with Crippen molar-refractivity contribution < 1.29 is 14.1 Å². The third kappa shape index (κ3) is 8.23. The van der Waals surface area contributed by atoms with Crippen molar-refractivity contribution in [1.82, 2.24) is 20.1 Å². The zero-order chi connectivity index (χ0) is 33.5. The van der Waals surface area contributed by atoms with Gasteiger partial charge in [0.15, 0.2) is 11.0 Å². The quantitative estimate of drug-likeness (QED) is 0.0790. The highest BCUT2D eigenvalue weighted by Gasteiger charge is 2.26. The average Bonchev–Trinajstić information content (AvgIpc) is 3.48.